The second-order valence-electron chi connectivity index (χ2n) is 2.62. The Morgan fingerprint density at radius 2 is 2.00 bits per heavy atom. The van der Waals surface area contributed by atoms with Gasteiger partial charge in [-0.1, -0.05) is 13.0 Å². The third kappa shape index (κ3) is 2.19. The average molecular weight is 202 g/mol. The topological polar surface area (TPSA) is 74.6 Å². The molecule has 2 N–H and O–H groups in total. The van der Waals surface area contributed by atoms with E-state index < -0.39 is 10.1 Å². The molecule has 0 saturated heterocycles. The number of aromatic hydroxyl groups is 1. The normalized spacial score (nSPS) is 11.5. The number of benzene rings is 1. The summed E-state index contributed by atoms with van der Waals surface area (Å²) in [5, 5.41) is 9.02. The van der Waals surface area contributed by atoms with Crippen LogP contribution in [0, 0.1) is 0 Å². The summed E-state index contributed by atoms with van der Waals surface area (Å²) in [6, 6.07) is 3.89. The van der Waals surface area contributed by atoms with Crippen LogP contribution in [0.2, 0.25) is 0 Å². The summed E-state index contributed by atoms with van der Waals surface area (Å²) >= 11 is 0. The SMILES string of the molecule is CCc1ccc(O)cc1S(=O)(=O)O. The van der Waals surface area contributed by atoms with E-state index in [1.165, 1.54) is 12.1 Å². The van der Waals surface area contributed by atoms with E-state index in [1.54, 1.807) is 6.92 Å². The quantitative estimate of drug-likeness (QED) is 0.707. The lowest BCUT2D eigenvalue weighted by Crippen LogP contribution is -2.02. The van der Waals surface area contributed by atoms with Gasteiger partial charge in [-0.15, -0.1) is 0 Å². The van der Waals surface area contributed by atoms with Crippen molar-refractivity contribution in [3.05, 3.63) is 23.8 Å². The summed E-state index contributed by atoms with van der Waals surface area (Å²) in [4.78, 5) is -0.227. The first-order valence-corrected chi connectivity index (χ1v) is 5.18. The van der Waals surface area contributed by atoms with E-state index in [1.807, 2.05) is 0 Å². The van der Waals surface area contributed by atoms with Crippen molar-refractivity contribution in [1.29, 1.82) is 0 Å². The standard InChI is InChI=1S/C8H10O4S/c1-2-6-3-4-7(9)5-8(6)13(10,11)12/h3-5,9H,2H2,1H3,(H,10,11,12). The fourth-order valence-electron chi connectivity index (χ4n) is 1.08. The lowest BCUT2D eigenvalue weighted by atomic mass is 10.2. The highest BCUT2D eigenvalue weighted by molar-refractivity contribution is 7.85. The molecule has 0 aliphatic carbocycles. The van der Waals surface area contributed by atoms with E-state index in [-0.39, 0.29) is 10.6 Å². The first-order valence-electron chi connectivity index (χ1n) is 3.74. The Morgan fingerprint density at radius 1 is 1.38 bits per heavy atom. The summed E-state index contributed by atoms with van der Waals surface area (Å²) in [5.74, 6) is -0.176. The zero-order valence-electron chi connectivity index (χ0n) is 7.06. The first kappa shape index (κ1) is 10.0. The first-order chi connectivity index (χ1) is 5.95. The molecule has 1 aromatic carbocycles. The van der Waals surface area contributed by atoms with E-state index in [0.29, 0.717) is 12.0 Å². The van der Waals surface area contributed by atoms with Crippen molar-refractivity contribution in [1.82, 2.24) is 0 Å². The molecule has 13 heavy (non-hydrogen) atoms. The Morgan fingerprint density at radius 3 is 2.46 bits per heavy atom. The van der Waals surface area contributed by atoms with Gasteiger partial charge in [-0.25, -0.2) is 0 Å². The summed E-state index contributed by atoms with van der Waals surface area (Å²) in [5.41, 5.74) is 0.486. The number of hydrogen-bond donors (Lipinski definition) is 2. The van der Waals surface area contributed by atoms with Crippen LogP contribution in [0.4, 0.5) is 0 Å². The van der Waals surface area contributed by atoms with Gasteiger partial charge < -0.3 is 5.11 Å². The number of phenols is 1. The van der Waals surface area contributed by atoms with Crippen LogP contribution in [0.25, 0.3) is 0 Å². The number of phenolic OH excluding ortho intramolecular Hbond substituents is 1. The molecular weight excluding hydrogens is 192 g/mol. The molecule has 0 fully saturated rings. The highest BCUT2D eigenvalue weighted by Crippen LogP contribution is 2.21. The maximum Gasteiger partial charge on any atom is 0.294 e. The van der Waals surface area contributed by atoms with Gasteiger partial charge >= 0.3 is 0 Å². The zero-order valence-corrected chi connectivity index (χ0v) is 7.87. The van der Waals surface area contributed by atoms with Gasteiger partial charge in [0.25, 0.3) is 10.1 Å². The molecule has 0 amide bonds. The van der Waals surface area contributed by atoms with E-state index in [9.17, 15) is 8.42 Å². The third-order valence-electron chi connectivity index (χ3n) is 1.71. The Hall–Kier alpha value is -1.07. The smallest absolute Gasteiger partial charge is 0.294 e. The second kappa shape index (κ2) is 3.35. The van der Waals surface area contributed by atoms with Crippen LogP contribution in [0.5, 0.6) is 5.75 Å². The predicted octanol–water partition coefficient (Wildman–Crippen LogP) is 1.20. The molecule has 0 aromatic heterocycles. The minimum Gasteiger partial charge on any atom is -0.508 e. The summed E-state index contributed by atoms with van der Waals surface area (Å²) in [7, 11) is -4.23. The van der Waals surface area contributed by atoms with Crippen LogP contribution in [0.1, 0.15) is 12.5 Å². The lowest BCUT2D eigenvalue weighted by Gasteiger charge is -2.04. The fraction of sp³-hybridized carbons (Fsp3) is 0.250. The summed E-state index contributed by atoms with van der Waals surface area (Å²) in [6.07, 6.45) is 0.482. The molecule has 0 unspecified atom stereocenters. The van der Waals surface area contributed by atoms with Crippen molar-refractivity contribution in [2.45, 2.75) is 18.2 Å². The van der Waals surface area contributed by atoms with E-state index in [2.05, 4.69) is 0 Å². The maximum atomic E-state index is 10.8. The van der Waals surface area contributed by atoms with Crippen molar-refractivity contribution in [3.8, 4) is 5.75 Å². The largest absolute Gasteiger partial charge is 0.508 e. The van der Waals surface area contributed by atoms with Gasteiger partial charge in [0.2, 0.25) is 0 Å². The van der Waals surface area contributed by atoms with Gasteiger partial charge in [-0.3, -0.25) is 4.55 Å². The number of aryl methyl sites for hydroxylation is 1. The van der Waals surface area contributed by atoms with Crippen LogP contribution in [-0.2, 0) is 16.5 Å². The van der Waals surface area contributed by atoms with Crippen LogP contribution < -0.4 is 0 Å². The van der Waals surface area contributed by atoms with Gasteiger partial charge in [-0.2, -0.15) is 8.42 Å². The van der Waals surface area contributed by atoms with Crippen LogP contribution in [0.15, 0.2) is 23.1 Å². The van der Waals surface area contributed by atoms with E-state index in [0.717, 1.165) is 6.07 Å². The Kier molecular flexibility index (Phi) is 2.58. The monoisotopic (exact) mass is 202 g/mol. The lowest BCUT2D eigenvalue weighted by molar-refractivity contribution is 0.465. The molecule has 4 nitrogen and oxygen atoms in total. The van der Waals surface area contributed by atoms with E-state index in [4.69, 9.17) is 9.66 Å². The molecule has 0 aliphatic rings. The number of rotatable bonds is 2. The molecule has 5 heteroatoms. The molecule has 0 atom stereocenters. The van der Waals surface area contributed by atoms with Crippen molar-refractivity contribution >= 4 is 10.1 Å². The third-order valence-corrected chi connectivity index (χ3v) is 2.65. The minimum absolute atomic E-state index is 0.176. The molecule has 0 heterocycles. The van der Waals surface area contributed by atoms with E-state index >= 15 is 0 Å². The van der Waals surface area contributed by atoms with Gasteiger partial charge in [0, 0.05) is 6.07 Å². The summed E-state index contributed by atoms with van der Waals surface area (Å²) < 4.78 is 30.4. The molecule has 72 valence electrons. The van der Waals surface area contributed by atoms with Crippen molar-refractivity contribution in [2.24, 2.45) is 0 Å². The second-order valence-corrected chi connectivity index (χ2v) is 4.01. The molecule has 0 bridgehead atoms. The Balaban J connectivity index is 3.41. The molecule has 1 rings (SSSR count). The summed E-state index contributed by atoms with van der Waals surface area (Å²) in [6.45, 7) is 1.76. The van der Waals surface area contributed by atoms with Crippen LogP contribution >= 0.6 is 0 Å². The van der Waals surface area contributed by atoms with Crippen molar-refractivity contribution in [3.63, 3.8) is 0 Å². The van der Waals surface area contributed by atoms with Crippen LogP contribution in [-0.4, -0.2) is 18.1 Å². The molecular formula is C8H10O4S. The zero-order chi connectivity index (χ0) is 10.1. The minimum atomic E-state index is -4.23. The molecule has 0 radical (unpaired) electrons. The molecule has 1 aromatic rings. The Bertz CT molecular complexity index is 408. The highest BCUT2D eigenvalue weighted by atomic mass is 32.2. The Labute approximate surface area is 76.6 Å². The predicted molar refractivity (Wildman–Crippen MR) is 47.3 cm³/mol. The molecule has 0 saturated carbocycles. The van der Waals surface area contributed by atoms with Gasteiger partial charge in [-0.05, 0) is 18.1 Å². The van der Waals surface area contributed by atoms with Crippen LogP contribution in [0.3, 0.4) is 0 Å². The van der Waals surface area contributed by atoms with Gasteiger partial charge in [0.1, 0.15) is 10.6 Å². The molecule has 0 spiro atoms. The highest BCUT2D eigenvalue weighted by Gasteiger charge is 2.14. The number of hydrogen-bond acceptors (Lipinski definition) is 3. The maximum absolute atomic E-state index is 10.8. The molecule has 0 aliphatic heterocycles. The van der Waals surface area contributed by atoms with Crippen molar-refractivity contribution < 1.29 is 18.1 Å². The van der Waals surface area contributed by atoms with Gasteiger partial charge in [0.15, 0.2) is 0 Å². The van der Waals surface area contributed by atoms with Crippen molar-refractivity contribution in [2.75, 3.05) is 0 Å². The fourth-order valence-corrected chi connectivity index (χ4v) is 1.89. The average Bonchev–Trinajstić information content (AvgIpc) is 2.03. The van der Waals surface area contributed by atoms with Gasteiger partial charge in [0.05, 0.1) is 0 Å².